The van der Waals surface area contributed by atoms with Crippen LogP contribution in [-0.4, -0.2) is 34.7 Å². The van der Waals surface area contributed by atoms with Crippen molar-refractivity contribution in [1.29, 1.82) is 0 Å². The number of carbonyl (C=O) groups excluding carboxylic acids is 2. The molecule has 2 heterocycles. The predicted octanol–water partition coefficient (Wildman–Crippen LogP) is 0.661. The number of carbonyl (C=O) groups is 2. The molecule has 21 heavy (non-hydrogen) atoms. The van der Waals surface area contributed by atoms with Gasteiger partial charge in [-0.3, -0.25) is 9.89 Å². The molecular weight excluding hydrogens is 270 g/mol. The van der Waals surface area contributed by atoms with Gasteiger partial charge in [0.15, 0.2) is 0 Å². The second-order valence-electron chi connectivity index (χ2n) is 5.28. The van der Waals surface area contributed by atoms with E-state index in [2.05, 4.69) is 26.1 Å². The summed E-state index contributed by atoms with van der Waals surface area (Å²) < 4.78 is 0. The molecule has 0 aliphatic carbocycles. The van der Waals surface area contributed by atoms with Crippen LogP contribution in [-0.2, 0) is 11.2 Å². The van der Waals surface area contributed by atoms with Crippen molar-refractivity contribution in [2.45, 2.75) is 40.2 Å². The van der Waals surface area contributed by atoms with Gasteiger partial charge in [-0.1, -0.05) is 0 Å². The number of nitrogens with zero attached hydrogens (tertiary/aromatic N) is 1. The van der Waals surface area contributed by atoms with Crippen LogP contribution in [0.4, 0.5) is 4.79 Å². The highest BCUT2D eigenvalue weighted by Gasteiger charge is 2.26. The fourth-order valence-corrected chi connectivity index (χ4v) is 2.57. The lowest BCUT2D eigenvalue weighted by Gasteiger charge is -2.25. The van der Waals surface area contributed by atoms with Crippen molar-refractivity contribution in [2.24, 2.45) is 0 Å². The van der Waals surface area contributed by atoms with Crippen LogP contribution in [0, 0.1) is 13.8 Å². The number of rotatable bonds is 4. The lowest BCUT2D eigenvalue weighted by Crippen LogP contribution is -2.50. The van der Waals surface area contributed by atoms with E-state index >= 15 is 0 Å². The first-order chi connectivity index (χ1) is 9.90. The van der Waals surface area contributed by atoms with Crippen molar-refractivity contribution < 1.29 is 9.59 Å². The summed E-state index contributed by atoms with van der Waals surface area (Å²) in [6, 6.07) is -0.572. The Morgan fingerprint density at radius 1 is 1.33 bits per heavy atom. The van der Waals surface area contributed by atoms with E-state index in [4.69, 9.17) is 0 Å². The normalized spacial score (nSPS) is 18.3. The largest absolute Gasteiger partial charge is 0.352 e. The van der Waals surface area contributed by atoms with Gasteiger partial charge in [0.2, 0.25) is 0 Å². The minimum atomic E-state index is -0.295. The average Bonchev–Trinajstić information content (AvgIpc) is 2.69. The Morgan fingerprint density at radius 3 is 2.62 bits per heavy atom. The maximum atomic E-state index is 12.2. The summed E-state index contributed by atoms with van der Waals surface area (Å²) in [5.41, 5.74) is 4.27. The van der Waals surface area contributed by atoms with Crippen LogP contribution in [0.2, 0.25) is 0 Å². The molecule has 3 amide bonds. The molecule has 114 valence electrons. The molecule has 0 radical (unpaired) electrons. The third-order valence-electron chi connectivity index (χ3n) is 3.67. The highest BCUT2D eigenvalue weighted by Crippen LogP contribution is 2.12. The number of allylic oxidation sites excluding steroid dienone is 1. The van der Waals surface area contributed by atoms with Crippen LogP contribution in [0.25, 0.3) is 0 Å². The second-order valence-corrected chi connectivity index (χ2v) is 5.28. The highest BCUT2D eigenvalue weighted by molar-refractivity contribution is 5.98. The number of urea groups is 1. The maximum absolute atomic E-state index is 12.2. The summed E-state index contributed by atoms with van der Waals surface area (Å²) >= 11 is 0. The zero-order valence-electron chi connectivity index (χ0n) is 12.8. The lowest BCUT2D eigenvalue weighted by molar-refractivity contribution is -0.117. The summed E-state index contributed by atoms with van der Waals surface area (Å²) in [4.78, 5) is 23.5. The lowest BCUT2D eigenvalue weighted by atomic mass is 10.0. The fourth-order valence-electron chi connectivity index (χ4n) is 2.57. The summed E-state index contributed by atoms with van der Waals surface area (Å²) in [5, 5.41) is 15.2. The Kier molecular flexibility index (Phi) is 4.30. The van der Waals surface area contributed by atoms with Crippen LogP contribution >= 0.6 is 0 Å². The summed E-state index contributed by atoms with van der Waals surface area (Å²) in [6.45, 7) is 7.95. The van der Waals surface area contributed by atoms with E-state index in [0.29, 0.717) is 17.8 Å². The van der Waals surface area contributed by atoms with Crippen molar-refractivity contribution >= 4 is 11.9 Å². The molecule has 0 aromatic carbocycles. The monoisotopic (exact) mass is 291 g/mol. The molecule has 7 heteroatoms. The topological polar surface area (TPSA) is 98.9 Å². The molecule has 0 spiro atoms. The van der Waals surface area contributed by atoms with Crippen LogP contribution in [0.5, 0.6) is 0 Å². The molecule has 0 saturated heterocycles. The van der Waals surface area contributed by atoms with Gasteiger partial charge in [0.25, 0.3) is 5.91 Å². The third-order valence-corrected chi connectivity index (χ3v) is 3.67. The Labute approximate surface area is 123 Å². The average molecular weight is 291 g/mol. The van der Waals surface area contributed by atoms with Gasteiger partial charge in [-0.05, 0) is 39.7 Å². The van der Waals surface area contributed by atoms with E-state index in [9.17, 15) is 9.59 Å². The van der Waals surface area contributed by atoms with E-state index in [1.807, 2.05) is 13.8 Å². The van der Waals surface area contributed by atoms with Crippen molar-refractivity contribution in [2.75, 3.05) is 6.54 Å². The van der Waals surface area contributed by atoms with E-state index in [1.54, 1.807) is 13.8 Å². The number of H-pyrrole nitrogens is 1. The summed E-state index contributed by atoms with van der Waals surface area (Å²) in [6.07, 6.45) is 0.723. The number of aryl methyl sites for hydroxylation is 2. The third kappa shape index (κ3) is 3.24. The number of aromatic amines is 1. The Balaban J connectivity index is 1.96. The summed E-state index contributed by atoms with van der Waals surface area (Å²) in [5.74, 6) is -0.161. The van der Waals surface area contributed by atoms with Gasteiger partial charge in [-0.25, -0.2) is 4.79 Å². The van der Waals surface area contributed by atoms with Crippen molar-refractivity contribution in [3.05, 3.63) is 28.2 Å². The molecule has 2 rings (SSSR count). The SMILES string of the molecule is CC1=C(C(=O)NCCc2c(C)n[nH]c2C)[C@@H](C)NC(=O)N1. The molecule has 4 N–H and O–H groups in total. The first-order valence-corrected chi connectivity index (χ1v) is 6.97. The Morgan fingerprint density at radius 2 is 2.05 bits per heavy atom. The van der Waals surface area contributed by atoms with Gasteiger partial charge < -0.3 is 16.0 Å². The van der Waals surface area contributed by atoms with Gasteiger partial charge in [-0.2, -0.15) is 5.10 Å². The standard InChI is InChI=1S/C14H21N5O2/c1-7-11(8(2)19-18-7)5-6-15-13(20)12-9(3)16-14(21)17-10(12)4/h9H,5-6H2,1-4H3,(H,15,20)(H,18,19)(H2,16,17,21)/t9-/m1/s1. The quantitative estimate of drug-likeness (QED) is 0.656. The molecule has 7 nitrogen and oxygen atoms in total. The van der Waals surface area contributed by atoms with E-state index in [1.165, 1.54) is 0 Å². The number of hydrogen-bond donors (Lipinski definition) is 4. The molecule has 1 aliphatic heterocycles. The minimum absolute atomic E-state index is 0.161. The van der Waals surface area contributed by atoms with E-state index < -0.39 is 0 Å². The molecule has 0 unspecified atom stereocenters. The van der Waals surface area contributed by atoms with Crippen LogP contribution in [0.1, 0.15) is 30.8 Å². The van der Waals surface area contributed by atoms with E-state index in [0.717, 1.165) is 23.4 Å². The molecule has 0 bridgehead atoms. The van der Waals surface area contributed by atoms with Crippen LogP contribution in [0.3, 0.4) is 0 Å². The number of amides is 3. The molecular formula is C14H21N5O2. The highest BCUT2D eigenvalue weighted by atomic mass is 16.2. The number of nitrogens with one attached hydrogen (secondary N) is 4. The van der Waals surface area contributed by atoms with Crippen molar-refractivity contribution in [3.8, 4) is 0 Å². The van der Waals surface area contributed by atoms with Crippen LogP contribution in [0.15, 0.2) is 11.3 Å². The van der Waals surface area contributed by atoms with Crippen LogP contribution < -0.4 is 16.0 Å². The second kappa shape index (κ2) is 5.99. The molecule has 0 saturated carbocycles. The predicted molar refractivity (Wildman–Crippen MR) is 78.6 cm³/mol. The zero-order chi connectivity index (χ0) is 15.6. The van der Waals surface area contributed by atoms with Gasteiger partial charge in [0.1, 0.15) is 0 Å². The first-order valence-electron chi connectivity index (χ1n) is 6.97. The first kappa shape index (κ1) is 15.1. The summed E-state index contributed by atoms with van der Waals surface area (Å²) in [7, 11) is 0. The molecule has 1 atom stereocenters. The van der Waals surface area contributed by atoms with Gasteiger partial charge in [-0.15, -0.1) is 0 Å². The Bertz CT molecular complexity index is 583. The van der Waals surface area contributed by atoms with Crippen molar-refractivity contribution in [3.63, 3.8) is 0 Å². The smallest absolute Gasteiger partial charge is 0.319 e. The number of hydrogen-bond acceptors (Lipinski definition) is 3. The molecule has 1 aromatic heterocycles. The van der Waals surface area contributed by atoms with E-state index in [-0.39, 0.29) is 18.0 Å². The molecule has 1 aliphatic rings. The molecule has 0 fully saturated rings. The number of aromatic nitrogens is 2. The fraction of sp³-hybridized carbons (Fsp3) is 0.500. The van der Waals surface area contributed by atoms with Crippen molar-refractivity contribution in [1.82, 2.24) is 26.1 Å². The maximum Gasteiger partial charge on any atom is 0.319 e. The Hall–Kier alpha value is -2.31. The minimum Gasteiger partial charge on any atom is -0.352 e. The van der Waals surface area contributed by atoms with Gasteiger partial charge in [0, 0.05) is 17.9 Å². The molecule has 1 aromatic rings. The van der Waals surface area contributed by atoms with Gasteiger partial charge >= 0.3 is 6.03 Å². The van der Waals surface area contributed by atoms with Gasteiger partial charge in [0.05, 0.1) is 17.3 Å². The zero-order valence-corrected chi connectivity index (χ0v) is 12.8.